The molecule has 0 bridgehead atoms. The van der Waals surface area contributed by atoms with Gasteiger partial charge in [-0.2, -0.15) is 0 Å². The molecule has 0 saturated carbocycles. The molecule has 1 N–H and O–H groups in total. The van der Waals surface area contributed by atoms with Gasteiger partial charge in [-0.1, -0.05) is 54.1 Å². The smallest absolute Gasteiger partial charge is 0.220 e. The standard InChI is InChI=1S/C24H22ClN3O/c25-22-9-3-1-7-20(22)17-28-16-19(21-8-2-4-10-23(21)28)11-12-24(29)27-15-18-6-5-13-26-14-18/h1-10,13-14,16H,11-12,15,17H2,(H,27,29). The highest BCUT2D eigenvalue weighted by molar-refractivity contribution is 6.31. The summed E-state index contributed by atoms with van der Waals surface area (Å²) in [5, 5.41) is 4.91. The van der Waals surface area contributed by atoms with Gasteiger partial charge in [-0.25, -0.2) is 0 Å². The Morgan fingerprint density at radius 1 is 1.00 bits per heavy atom. The SMILES string of the molecule is O=C(CCc1cn(Cc2ccccc2Cl)c2ccccc12)NCc1cccnc1. The molecule has 0 aliphatic carbocycles. The summed E-state index contributed by atoms with van der Waals surface area (Å²) in [7, 11) is 0. The van der Waals surface area contributed by atoms with Crippen molar-refractivity contribution in [2.75, 3.05) is 0 Å². The van der Waals surface area contributed by atoms with Crippen LogP contribution in [-0.4, -0.2) is 15.5 Å². The van der Waals surface area contributed by atoms with Gasteiger partial charge in [-0.15, -0.1) is 0 Å². The molecule has 4 aromatic rings. The van der Waals surface area contributed by atoms with Crippen LogP contribution < -0.4 is 5.32 Å². The van der Waals surface area contributed by atoms with Crippen molar-refractivity contribution < 1.29 is 4.79 Å². The van der Waals surface area contributed by atoms with E-state index < -0.39 is 0 Å². The van der Waals surface area contributed by atoms with Gasteiger partial charge in [0, 0.05) is 54.0 Å². The molecule has 0 radical (unpaired) electrons. The van der Waals surface area contributed by atoms with E-state index in [-0.39, 0.29) is 5.91 Å². The van der Waals surface area contributed by atoms with E-state index in [0.29, 0.717) is 25.9 Å². The summed E-state index contributed by atoms with van der Waals surface area (Å²) < 4.78 is 2.21. The zero-order valence-electron chi connectivity index (χ0n) is 16.0. The number of fused-ring (bicyclic) bond motifs is 1. The molecule has 4 rings (SSSR count). The molecule has 0 saturated heterocycles. The molecule has 0 fully saturated rings. The molecule has 4 nitrogen and oxygen atoms in total. The number of halogens is 1. The number of aromatic nitrogens is 2. The van der Waals surface area contributed by atoms with E-state index in [2.05, 4.69) is 33.2 Å². The largest absolute Gasteiger partial charge is 0.352 e. The fraction of sp³-hybridized carbons (Fsp3) is 0.167. The minimum absolute atomic E-state index is 0.0387. The Kier molecular flexibility index (Phi) is 5.92. The number of amides is 1. The molecule has 1 amide bonds. The van der Waals surface area contributed by atoms with Crippen LogP contribution in [0.2, 0.25) is 5.02 Å². The molecule has 2 heterocycles. The van der Waals surface area contributed by atoms with Crippen molar-refractivity contribution in [3.05, 3.63) is 101 Å². The zero-order valence-corrected chi connectivity index (χ0v) is 16.8. The van der Waals surface area contributed by atoms with Crippen LogP contribution in [0.5, 0.6) is 0 Å². The number of carbonyl (C=O) groups excluding carboxylic acids is 1. The summed E-state index contributed by atoms with van der Waals surface area (Å²) in [6, 6.07) is 20.0. The third-order valence-electron chi connectivity index (χ3n) is 5.00. The Balaban J connectivity index is 1.46. The van der Waals surface area contributed by atoms with Crippen molar-refractivity contribution in [1.82, 2.24) is 14.9 Å². The highest BCUT2D eigenvalue weighted by Crippen LogP contribution is 2.25. The Morgan fingerprint density at radius 3 is 2.66 bits per heavy atom. The molecule has 2 aromatic heterocycles. The molecule has 0 spiro atoms. The van der Waals surface area contributed by atoms with Crippen molar-refractivity contribution in [1.29, 1.82) is 0 Å². The maximum absolute atomic E-state index is 12.3. The minimum atomic E-state index is 0.0387. The number of benzene rings is 2. The second kappa shape index (κ2) is 8.93. The lowest BCUT2D eigenvalue weighted by Crippen LogP contribution is -2.23. The van der Waals surface area contributed by atoms with Gasteiger partial charge >= 0.3 is 0 Å². The number of nitrogens with zero attached hydrogens (tertiary/aromatic N) is 2. The topological polar surface area (TPSA) is 46.9 Å². The van der Waals surface area contributed by atoms with Gasteiger partial charge < -0.3 is 9.88 Å². The summed E-state index contributed by atoms with van der Waals surface area (Å²) in [5.41, 5.74) is 4.40. The van der Waals surface area contributed by atoms with Crippen molar-refractivity contribution in [3.8, 4) is 0 Å². The minimum Gasteiger partial charge on any atom is -0.352 e. The second-order valence-electron chi connectivity index (χ2n) is 7.03. The first-order chi connectivity index (χ1) is 14.2. The number of hydrogen-bond donors (Lipinski definition) is 1. The molecule has 5 heteroatoms. The van der Waals surface area contributed by atoms with E-state index in [9.17, 15) is 4.79 Å². The Labute approximate surface area is 175 Å². The average Bonchev–Trinajstić information content (AvgIpc) is 3.11. The Bertz CT molecular complexity index is 1120. The van der Waals surface area contributed by atoms with E-state index in [1.807, 2.05) is 48.5 Å². The highest BCUT2D eigenvalue weighted by atomic mass is 35.5. The first kappa shape index (κ1) is 19.2. The Hall–Kier alpha value is -3.11. The summed E-state index contributed by atoms with van der Waals surface area (Å²) in [5.74, 6) is 0.0387. The predicted molar refractivity (Wildman–Crippen MR) is 117 cm³/mol. The van der Waals surface area contributed by atoms with Gasteiger partial charge in [0.05, 0.1) is 0 Å². The summed E-state index contributed by atoms with van der Waals surface area (Å²) >= 11 is 6.35. The number of nitrogens with one attached hydrogen (secondary N) is 1. The predicted octanol–water partition coefficient (Wildman–Crippen LogP) is 4.99. The lowest BCUT2D eigenvalue weighted by atomic mass is 10.1. The van der Waals surface area contributed by atoms with E-state index in [4.69, 9.17) is 11.6 Å². The van der Waals surface area contributed by atoms with Crippen LogP contribution in [0.3, 0.4) is 0 Å². The van der Waals surface area contributed by atoms with Crippen molar-refractivity contribution in [2.45, 2.75) is 25.9 Å². The molecule has 0 aliphatic rings. The normalized spacial score (nSPS) is 10.9. The quantitative estimate of drug-likeness (QED) is 0.472. The molecular weight excluding hydrogens is 382 g/mol. The summed E-state index contributed by atoms with van der Waals surface area (Å²) in [4.78, 5) is 16.4. The lowest BCUT2D eigenvalue weighted by Gasteiger charge is -2.07. The van der Waals surface area contributed by atoms with Gasteiger partial charge in [-0.05, 0) is 41.3 Å². The van der Waals surface area contributed by atoms with Gasteiger partial charge in [0.2, 0.25) is 5.91 Å². The van der Waals surface area contributed by atoms with E-state index >= 15 is 0 Å². The summed E-state index contributed by atoms with van der Waals surface area (Å²) in [6.45, 7) is 1.20. The van der Waals surface area contributed by atoms with Crippen molar-refractivity contribution in [2.24, 2.45) is 0 Å². The lowest BCUT2D eigenvalue weighted by molar-refractivity contribution is -0.121. The van der Waals surface area contributed by atoms with Crippen LogP contribution in [0, 0.1) is 0 Å². The maximum Gasteiger partial charge on any atom is 0.220 e. The van der Waals surface area contributed by atoms with Gasteiger partial charge in [0.15, 0.2) is 0 Å². The van der Waals surface area contributed by atoms with Crippen LogP contribution in [-0.2, 0) is 24.3 Å². The Morgan fingerprint density at radius 2 is 1.83 bits per heavy atom. The fourth-order valence-corrected chi connectivity index (χ4v) is 3.70. The third kappa shape index (κ3) is 4.66. The number of hydrogen-bond acceptors (Lipinski definition) is 2. The molecule has 0 atom stereocenters. The highest BCUT2D eigenvalue weighted by Gasteiger charge is 2.11. The molecule has 29 heavy (non-hydrogen) atoms. The fourth-order valence-electron chi connectivity index (χ4n) is 3.50. The monoisotopic (exact) mass is 403 g/mol. The van der Waals surface area contributed by atoms with Gasteiger partial charge in [-0.3, -0.25) is 9.78 Å². The van der Waals surface area contributed by atoms with Crippen LogP contribution in [0.25, 0.3) is 10.9 Å². The molecule has 0 aliphatic heterocycles. The maximum atomic E-state index is 12.3. The average molecular weight is 404 g/mol. The van der Waals surface area contributed by atoms with E-state index in [1.165, 1.54) is 10.9 Å². The van der Waals surface area contributed by atoms with E-state index in [1.54, 1.807) is 12.4 Å². The van der Waals surface area contributed by atoms with Crippen LogP contribution >= 0.6 is 11.6 Å². The van der Waals surface area contributed by atoms with Crippen LogP contribution in [0.4, 0.5) is 0 Å². The first-order valence-corrected chi connectivity index (χ1v) is 10.0. The van der Waals surface area contributed by atoms with Crippen molar-refractivity contribution in [3.63, 3.8) is 0 Å². The molecule has 146 valence electrons. The summed E-state index contributed by atoms with van der Waals surface area (Å²) in [6.07, 6.45) is 6.77. The molecular formula is C24H22ClN3O. The molecule has 0 unspecified atom stereocenters. The number of aryl methyl sites for hydroxylation is 1. The number of para-hydroxylation sites is 1. The van der Waals surface area contributed by atoms with Crippen molar-refractivity contribution >= 4 is 28.4 Å². The van der Waals surface area contributed by atoms with E-state index in [0.717, 1.165) is 21.7 Å². The third-order valence-corrected chi connectivity index (χ3v) is 5.37. The number of rotatable bonds is 7. The van der Waals surface area contributed by atoms with Gasteiger partial charge in [0.1, 0.15) is 0 Å². The van der Waals surface area contributed by atoms with Crippen LogP contribution in [0.15, 0.2) is 79.3 Å². The zero-order chi connectivity index (χ0) is 20.1. The number of carbonyl (C=O) groups is 1. The first-order valence-electron chi connectivity index (χ1n) is 9.66. The second-order valence-corrected chi connectivity index (χ2v) is 7.44. The molecule has 2 aromatic carbocycles. The van der Waals surface area contributed by atoms with Crippen LogP contribution in [0.1, 0.15) is 23.1 Å². The van der Waals surface area contributed by atoms with Gasteiger partial charge in [0.25, 0.3) is 0 Å². The number of pyridine rings is 1.